The maximum atomic E-state index is 12.5. The van der Waals surface area contributed by atoms with Crippen molar-refractivity contribution in [2.24, 2.45) is 0 Å². The van der Waals surface area contributed by atoms with Crippen molar-refractivity contribution in [3.05, 3.63) is 52.7 Å². The van der Waals surface area contributed by atoms with Crippen LogP contribution in [0.15, 0.2) is 36.5 Å². The zero-order valence-electron chi connectivity index (χ0n) is 9.87. The first-order valence-electron chi connectivity index (χ1n) is 5.40. The first kappa shape index (κ1) is 14.2. The lowest BCUT2D eigenvalue weighted by Gasteiger charge is -2.11. The Balaban J connectivity index is 2.23. The number of benzene rings is 1. The molecule has 0 amide bonds. The second kappa shape index (κ2) is 5.39. The number of pyridine rings is 1. The van der Waals surface area contributed by atoms with Gasteiger partial charge in [0.15, 0.2) is 0 Å². The van der Waals surface area contributed by atoms with Crippen molar-refractivity contribution in [3.63, 3.8) is 0 Å². The lowest BCUT2D eigenvalue weighted by Crippen LogP contribution is -2.05. The van der Waals surface area contributed by atoms with Gasteiger partial charge in [-0.3, -0.25) is 0 Å². The lowest BCUT2D eigenvalue weighted by molar-refractivity contribution is -0.137. The molecule has 20 heavy (non-hydrogen) atoms. The summed E-state index contributed by atoms with van der Waals surface area (Å²) >= 11 is 5.80. The van der Waals surface area contributed by atoms with Crippen LogP contribution in [-0.2, 0) is 6.18 Å². The summed E-state index contributed by atoms with van der Waals surface area (Å²) in [5, 5.41) is 11.3. The molecule has 1 aromatic carbocycles. The Labute approximate surface area is 117 Å². The summed E-state index contributed by atoms with van der Waals surface area (Å²) in [6.07, 6.45) is -3.09. The predicted molar refractivity (Wildman–Crippen MR) is 68.7 cm³/mol. The van der Waals surface area contributed by atoms with Crippen LogP contribution in [0.2, 0.25) is 5.02 Å². The van der Waals surface area contributed by atoms with Gasteiger partial charge in [0.05, 0.1) is 21.8 Å². The molecule has 0 bridgehead atoms. The second-order valence-corrected chi connectivity index (χ2v) is 4.27. The molecule has 0 spiro atoms. The molecule has 102 valence electrons. The van der Waals surface area contributed by atoms with Crippen LogP contribution in [0.4, 0.5) is 24.7 Å². The highest BCUT2D eigenvalue weighted by atomic mass is 35.5. The number of hydrogen-bond donors (Lipinski definition) is 1. The lowest BCUT2D eigenvalue weighted by atomic mass is 10.2. The number of rotatable bonds is 2. The Morgan fingerprint density at radius 3 is 2.45 bits per heavy atom. The Morgan fingerprint density at radius 1 is 1.20 bits per heavy atom. The molecule has 1 N–H and O–H groups in total. The van der Waals surface area contributed by atoms with Crippen molar-refractivity contribution in [1.29, 1.82) is 5.26 Å². The largest absolute Gasteiger partial charge is 0.416 e. The summed E-state index contributed by atoms with van der Waals surface area (Å²) in [5.41, 5.74) is -0.133. The molecule has 2 rings (SSSR count). The molecule has 1 heterocycles. The highest BCUT2D eigenvalue weighted by Crippen LogP contribution is 2.34. The standard InChI is InChI=1S/C13H7ClF3N3/c14-10-5-9(13(15,16)17)2-3-11(10)20-12-4-1-8(6-18)7-19-12/h1-5,7H,(H,19,20). The maximum absolute atomic E-state index is 12.5. The van der Waals surface area contributed by atoms with Crippen LogP contribution < -0.4 is 5.32 Å². The van der Waals surface area contributed by atoms with Crippen LogP contribution in [0, 0.1) is 11.3 Å². The minimum Gasteiger partial charge on any atom is -0.339 e. The van der Waals surface area contributed by atoms with E-state index in [2.05, 4.69) is 10.3 Å². The number of nitrogens with one attached hydrogen (secondary N) is 1. The van der Waals surface area contributed by atoms with Crippen LogP contribution >= 0.6 is 11.6 Å². The molecule has 0 aliphatic rings. The highest BCUT2D eigenvalue weighted by molar-refractivity contribution is 6.33. The van der Waals surface area contributed by atoms with Crippen LogP contribution in [0.25, 0.3) is 0 Å². The molecule has 0 atom stereocenters. The minimum atomic E-state index is -4.44. The molecule has 2 aromatic rings. The van der Waals surface area contributed by atoms with Crippen molar-refractivity contribution < 1.29 is 13.2 Å². The Hall–Kier alpha value is -2.26. The van der Waals surface area contributed by atoms with Crippen molar-refractivity contribution in [2.45, 2.75) is 6.18 Å². The van der Waals surface area contributed by atoms with Crippen LogP contribution in [0.3, 0.4) is 0 Å². The summed E-state index contributed by atoms with van der Waals surface area (Å²) in [5.74, 6) is 0.380. The Bertz CT molecular complexity index is 660. The third-order valence-corrected chi connectivity index (χ3v) is 2.76. The van der Waals surface area contributed by atoms with E-state index in [4.69, 9.17) is 16.9 Å². The van der Waals surface area contributed by atoms with E-state index in [-0.39, 0.29) is 5.02 Å². The number of hydrogen-bond acceptors (Lipinski definition) is 3. The molecule has 0 unspecified atom stereocenters. The van der Waals surface area contributed by atoms with Crippen LogP contribution in [-0.4, -0.2) is 4.98 Å². The van der Waals surface area contributed by atoms with Crippen LogP contribution in [0.5, 0.6) is 0 Å². The Kier molecular flexibility index (Phi) is 3.81. The third kappa shape index (κ3) is 3.19. The molecular formula is C13H7ClF3N3. The molecule has 0 saturated heterocycles. The van der Waals surface area contributed by atoms with Gasteiger partial charge in [-0.05, 0) is 30.3 Å². The highest BCUT2D eigenvalue weighted by Gasteiger charge is 2.30. The third-order valence-electron chi connectivity index (χ3n) is 2.45. The van der Waals surface area contributed by atoms with Crippen molar-refractivity contribution in [3.8, 4) is 6.07 Å². The number of halogens is 4. The smallest absolute Gasteiger partial charge is 0.339 e. The normalized spacial score (nSPS) is 10.9. The number of anilines is 2. The number of nitrogens with zero attached hydrogens (tertiary/aromatic N) is 2. The van der Waals surface area contributed by atoms with Gasteiger partial charge in [-0.1, -0.05) is 11.6 Å². The Morgan fingerprint density at radius 2 is 1.95 bits per heavy atom. The van der Waals surface area contributed by atoms with Gasteiger partial charge in [-0.2, -0.15) is 18.4 Å². The molecule has 3 nitrogen and oxygen atoms in total. The van der Waals surface area contributed by atoms with E-state index in [9.17, 15) is 13.2 Å². The van der Waals surface area contributed by atoms with E-state index in [1.807, 2.05) is 6.07 Å². The predicted octanol–water partition coefficient (Wildman–Crippen LogP) is 4.37. The van der Waals surface area contributed by atoms with Gasteiger partial charge in [-0.25, -0.2) is 4.98 Å². The zero-order chi connectivity index (χ0) is 14.8. The summed E-state index contributed by atoms with van der Waals surface area (Å²) in [4.78, 5) is 3.94. The number of nitriles is 1. The second-order valence-electron chi connectivity index (χ2n) is 3.86. The number of alkyl halides is 3. The van der Waals surface area contributed by atoms with E-state index < -0.39 is 11.7 Å². The van der Waals surface area contributed by atoms with Crippen molar-refractivity contribution in [2.75, 3.05) is 5.32 Å². The molecule has 0 radical (unpaired) electrons. The number of aromatic nitrogens is 1. The SMILES string of the molecule is N#Cc1ccc(Nc2ccc(C(F)(F)F)cc2Cl)nc1. The van der Waals surface area contributed by atoms with Crippen molar-refractivity contribution >= 4 is 23.1 Å². The van der Waals surface area contributed by atoms with E-state index in [1.54, 1.807) is 0 Å². The zero-order valence-corrected chi connectivity index (χ0v) is 10.6. The molecule has 0 fully saturated rings. The van der Waals surface area contributed by atoms with Gasteiger partial charge in [0.2, 0.25) is 0 Å². The molecular weight excluding hydrogens is 291 g/mol. The summed E-state index contributed by atoms with van der Waals surface area (Å²) in [6.45, 7) is 0. The summed E-state index contributed by atoms with van der Waals surface area (Å²) < 4.78 is 37.5. The van der Waals surface area contributed by atoms with E-state index in [1.165, 1.54) is 24.4 Å². The van der Waals surface area contributed by atoms with Gasteiger partial charge in [0.25, 0.3) is 0 Å². The van der Waals surface area contributed by atoms with Gasteiger partial charge < -0.3 is 5.32 Å². The van der Waals surface area contributed by atoms with E-state index in [0.29, 0.717) is 17.1 Å². The van der Waals surface area contributed by atoms with Crippen LogP contribution in [0.1, 0.15) is 11.1 Å². The topological polar surface area (TPSA) is 48.7 Å². The van der Waals surface area contributed by atoms with Gasteiger partial charge in [0, 0.05) is 6.20 Å². The molecule has 0 aliphatic heterocycles. The molecule has 0 aliphatic carbocycles. The van der Waals surface area contributed by atoms with Crippen molar-refractivity contribution in [1.82, 2.24) is 4.98 Å². The molecule has 7 heteroatoms. The fourth-order valence-electron chi connectivity index (χ4n) is 1.46. The van der Waals surface area contributed by atoms with Gasteiger partial charge in [-0.15, -0.1) is 0 Å². The fraction of sp³-hybridized carbons (Fsp3) is 0.0769. The average molecular weight is 298 g/mol. The minimum absolute atomic E-state index is 0.0639. The van der Waals surface area contributed by atoms with Gasteiger partial charge >= 0.3 is 6.18 Å². The fourth-order valence-corrected chi connectivity index (χ4v) is 1.69. The maximum Gasteiger partial charge on any atom is 0.416 e. The summed E-state index contributed by atoms with van der Waals surface area (Å²) in [6, 6.07) is 7.98. The average Bonchev–Trinajstić information content (AvgIpc) is 2.41. The molecule has 1 aromatic heterocycles. The molecule has 0 saturated carbocycles. The quantitative estimate of drug-likeness (QED) is 0.895. The van der Waals surface area contributed by atoms with Gasteiger partial charge in [0.1, 0.15) is 11.9 Å². The monoisotopic (exact) mass is 297 g/mol. The summed E-state index contributed by atoms with van der Waals surface area (Å²) in [7, 11) is 0. The first-order valence-corrected chi connectivity index (χ1v) is 5.78. The van der Waals surface area contributed by atoms with E-state index >= 15 is 0 Å². The first-order chi connectivity index (χ1) is 9.40. The van der Waals surface area contributed by atoms with E-state index in [0.717, 1.165) is 12.1 Å².